The van der Waals surface area contributed by atoms with E-state index >= 15 is 0 Å². The maximum absolute atomic E-state index is 11.9. The lowest BCUT2D eigenvalue weighted by Gasteiger charge is -2.07. The van der Waals surface area contributed by atoms with Crippen molar-refractivity contribution in [3.05, 3.63) is 41.7 Å². The number of rotatable bonds is 3. The number of nitrogens with one attached hydrogen (secondary N) is 1. The molecule has 0 aliphatic carbocycles. The van der Waals surface area contributed by atoms with Crippen LogP contribution in [-0.4, -0.2) is 23.4 Å². The van der Waals surface area contributed by atoms with E-state index in [4.69, 9.17) is 11.6 Å². The van der Waals surface area contributed by atoms with Gasteiger partial charge in [-0.3, -0.25) is 9.71 Å². The molecule has 0 spiro atoms. The molecule has 0 saturated carbocycles. The van der Waals surface area contributed by atoms with Crippen LogP contribution in [0.4, 0.5) is 5.69 Å². The fourth-order valence-corrected chi connectivity index (χ4v) is 2.21. The zero-order chi connectivity index (χ0) is 13.2. The van der Waals surface area contributed by atoms with E-state index in [1.165, 1.54) is 6.20 Å². The van der Waals surface area contributed by atoms with Crippen molar-refractivity contribution in [2.75, 3.05) is 4.72 Å². The Balaban J connectivity index is 2.27. The molecule has 18 heavy (non-hydrogen) atoms. The van der Waals surface area contributed by atoms with Crippen LogP contribution in [0.5, 0.6) is 0 Å². The highest BCUT2D eigenvalue weighted by molar-refractivity contribution is 7.92. The lowest BCUT2D eigenvalue weighted by Crippen LogP contribution is -2.13. The highest BCUT2D eigenvalue weighted by atomic mass is 35.5. The minimum Gasteiger partial charge on any atom is -0.278 e. The topological polar surface area (TPSA) is 84.8 Å². The first-order valence-electron chi connectivity index (χ1n) is 4.90. The van der Waals surface area contributed by atoms with Gasteiger partial charge in [-0.25, -0.2) is 18.4 Å². The lowest BCUT2D eigenvalue weighted by molar-refractivity contribution is 0.600. The molecule has 0 unspecified atom stereocenters. The summed E-state index contributed by atoms with van der Waals surface area (Å²) in [5.74, 6) is 0. The van der Waals surface area contributed by atoms with Gasteiger partial charge in [0.15, 0.2) is 0 Å². The highest BCUT2D eigenvalue weighted by Crippen LogP contribution is 2.14. The second-order valence-corrected chi connectivity index (χ2v) is 5.50. The third kappa shape index (κ3) is 2.93. The predicted octanol–water partition coefficient (Wildman–Crippen LogP) is 1.63. The van der Waals surface area contributed by atoms with Gasteiger partial charge in [0.05, 0.1) is 24.3 Å². The van der Waals surface area contributed by atoms with Gasteiger partial charge in [0, 0.05) is 5.69 Å². The Morgan fingerprint density at radius 3 is 2.33 bits per heavy atom. The standard InChI is InChI=1S/C10H9ClN4O2S/c1-7-2-3-8(4-12-7)15-18(16,17)9-5-13-10(11)14-6-9/h2-6,15H,1H3. The molecule has 0 radical (unpaired) electrons. The van der Waals surface area contributed by atoms with Gasteiger partial charge < -0.3 is 0 Å². The first-order valence-corrected chi connectivity index (χ1v) is 6.76. The van der Waals surface area contributed by atoms with Crippen molar-refractivity contribution < 1.29 is 8.42 Å². The van der Waals surface area contributed by atoms with Gasteiger partial charge in [-0.1, -0.05) is 0 Å². The molecule has 6 nitrogen and oxygen atoms in total. The molecule has 0 bridgehead atoms. The lowest BCUT2D eigenvalue weighted by atomic mass is 10.4. The normalized spacial score (nSPS) is 11.2. The van der Waals surface area contributed by atoms with E-state index in [1.807, 2.05) is 6.92 Å². The van der Waals surface area contributed by atoms with E-state index < -0.39 is 10.0 Å². The maximum atomic E-state index is 11.9. The van der Waals surface area contributed by atoms with Crippen LogP contribution in [0.15, 0.2) is 35.6 Å². The highest BCUT2D eigenvalue weighted by Gasteiger charge is 2.15. The average Bonchev–Trinajstić information content (AvgIpc) is 2.32. The summed E-state index contributed by atoms with van der Waals surface area (Å²) in [6.45, 7) is 1.81. The molecule has 0 aromatic carbocycles. The summed E-state index contributed by atoms with van der Waals surface area (Å²) in [7, 11) is -3.72. The molecule has 0 aliphatic heterocycles. The number of hydrogen-bond acceptors (Lipinski definition) is 5. The number of hydrogen-bond donors (Lipinski definition) is 1. The van der Waals surface area contributed by atoms with Crippen LogP contribution in [-0.2, 0) is 10.0 Å². The second kappa shape index (κ2) is 4.87. The quantitative estimate of drug-likeness (QED) is 0.866. The average molecular weight is 285 g/mol. The molecule has 1 N–H and O–H groups in total. The third-order valence-corrected chi connectivity index (χ3v) is 3.60. The molecule has 0 aliphatic rings. The summed E-state index contributed by atoms with van der Waals surface area (Å²) in [6, 6.07) is 3.33. The first-order chi connectivity index (χ1) is 8.47. The molecular weight excluding hydrogens is 276 g/mol. The molecule has 8 heteroatoms. The number of sulfonamides is 1. The molecule has 94 valence electrons. The maximum Gasteiger partial charge on any atom is 0.265 e. The SMILES string of the molecule is Cc1ccc(NS(=O)(=O)c2cnc(Cl)nc2)cn1. The monoisotopic (exact) mass is 284 g/mol. The zero-order valence-corrected chi connectivity index (χ0v) is 10.9. The van der Waals surface area contributed by atoms with Gasteiger partial charge in [-0.05, 0) is 30.7 Å². The molecule has 0 saturated heterocycles. The van der Waals surface area contributed by atoms with Crippen LogP contribution in [0.2, 0.25) is 5.28 Å². The number of anilines is 1. The Bertz CT molecular complexity index is 641. The largest absolute Gasteiger partial charge is 0.278 e. The number of pyridine rings is 1. The van der Waals surface area contributed by atoms with E-state index in [-0.39, 0.29) is 10.2 Å². The Morgan fingerprint density at radius 1 is 1.11 bits per heavy atom. The summed E-state index contributed by atoms with van der Waals surface area (Å²) < 4.78 is 26.2. The summed E-state index contributed by atoms with van der Waals surface area (Å²) in [4.78, 5) is 11.2. The van der Waals surface area contributed by atoms with Gasteiger partial charge >= 0.3 is 0 Å². The molecular formula is C10H9ClN4O2S. The van der Waals surface area contributed by atoms with Gasteiger partial charge in [-0.2, -0.15) is 0 Å². The Labute approximate surface area is 109 Å². The minimum absolute atomic E-state index is 0.00838. The molecule has 2 aromatic rings. The van der Waals surface area contributed by atoms with Crippen molar-refractivity contribution in [2.24, 2.45) is 0 Å². The van der Waals surface area contributed by atoms with Gasteiger partial charge in [0.2, 0.25) is 5.28 Å². The van der Waals surface area contributed by atoms with Crippen molar-refractivity contribution in [1.29, 1.82) is 0 Å². The van der Waals surface area contributed by atoms with Gasteiger partial charge in [-0.15, -0.1) is 0 Å². The Kier molecular flexibility index (Phi) is 3.44. The van der Waals surface area contributed by atoms with E-state index in [0.717, 1.165) is 18.1 Å². The van der Waals surface area contributed by atoms with E-state index in [9.17, 15) is 8.42 Å². The summed E-state index contributed by atoms with van der Waals surface area (Å²) in [5.41, 5.74) is 1.17. The zero-order valence-electron chi connectivity index (χ0n) is 9.33. The molecule has 2 heterocycles. The number of aryl methyl sites for hydroxylation is 1. The van der Waals surface area contributed by atoms with Crippen molar-refractivity contribution in [3.8, 4) is 0 Å². The van der Waals surface area contributed by atoms with Crippen LogP contribution in [0, 0.1) is 6.92 Å². The van der Waals surface area contributed by atoms with Crippen molar-refractivity contribution in [2.45, 2.75) is 11.8 Å². The number of aromatic nitrogens is 3. The van der Waals surface area contributed by atoms with Gasteiger partial charge in [0.25, 0.3) is 10.0 Å². The number of halogens is 1. The third-order valence-electron chi connectivity index (χ3n) is 2.07. The first kappa shape index (κ1) is 12.7. The van der Waals surface area contributed by atoms with Crippen molar-refractivity contribution >= 4 is 27.3 Å². The molecule has 0 atom stereocenters. The van der Waals surface area contributed by atoms with Crippen LogP contribution < -0.4 is 4.72 Å². The summed E-state index contributed by atoms with van der Waals surface area (Å²) >= 11 is 5.49. The van der Waals surface area contributed by atoms with Crippen molar-refractivity contribution in [3.63, 3.8) is 0 Å². The second-order valence-electron chi connectivity index (χ2n) is 3.48. The molecule has 0 fully saturated rings. The summed E-state index contributed by atoms with van der Waals surface area (Å²) in [6.07, 6.45) is 3.71. The van der Waals surface area contributed by atoms with Crippen molar-refractivity contribution in [1.82, 2.24) is 15.0 Å². The van der Waals surface area contributed by atoms with Crippen LogP contribution in [0.3, 0.4) is 0 Å². The smallest absolute Gasteiger partial charge is 0.265 e. The van der Waals surface area contributed by atoms with Crippen LogP contribution >= 0.6 is 11.6 Å². The molecule has 2 aromatic heterocycles. The Hall–Kier alpha value is -1.73. The van der Waals surface area contributed by atoms with Crippen LogP contribution in [0.25, 0.3) is 0 Å². The molecule has 2 rings (SSSR count). The fraction of sp³-hybridized carbons (Fsp3) is 0.100. The predicted molar refractivity (Wildman–Crippen MR) is 66.8 cm³/mol. The van der Waals surface area contributed by atoms with E-state index in [0.29, 0.717) is 5.69 Å². The van der Waals surface area contributed by atoms with E-state index in [1.54, 1.807) is 12.1 Å². The minimum atomic E-state index is -3.72. The summed E-state index contributed by atoms with van der Waals surface area (Å²) in [5, 5.41) is -0.00838. The molecule has 0 amide bonds. The fourth-order valence-electron chi connectivity index (χ4n) is 1.18. The Morgan fingerprint density at radius 2 is 1.78 bits per heavy atom. The van der Waals surface area contributed by atoms with E-state index in [2.05, 4.69) is 19.7 Å². The van der Waals surface area contributed by atoms with Crippen LogP contribution in [0.1, 0.15) is 5.69 Å². The number of nitrogens with zero attached hydrogens (tertiary/aromatic N) is 3. The van der Waals surface area contributed by atoms with Gasteiger partial charge in [0.1, 0.15) is 4.90 Å².